The van der Waals surface area contributed by atoms with Crippen molar-refractivity contribution in [1.29, 1.82) is 0 Å². The molecule has 0 radical (unpaired) electrons. The van der Waals surface area contributed by atoms with Gasteiger partial charge >= 0.3 is 0 Å². The average Bonchev–Trinajstić information content (AvgIpc) is 3.36. The van der Waals surface area contributed by atoms with Crippen LogP contribution in [0.3, 0.4) is 0 Å². The highest BCUT2D eigenvalue weighted by Gasteiger charge is 2.19. The summed E-state index contributed by atoms with van der Waals surface area (Å²) >= 11 is 0. The second-order valence-corrected chi connectivity index (χ2v) is 15.9. The van der Waals surface area contributed by atoms with Crippen LogP contribution in [0.1, 0.15) is 36.8 Å². The average molecular weight is 797 g/mol. The van der Waals surface area contributed by atoms with E-state index in [-0.39, 0.29) is 0 Å². The zero-order chi connectivity index (χ0) is 41.5. The molecule has 0 saturated carbocycles. The molecule has 62 heavy (non-hydrogen) atoms. The normalized spacial score (nSPS) is 13.3. The van der Waals surface area contributed by atoms with Crippen LogP contribution in [-0.4, -0.2) is 0 Å². The highest BCUT2D eigenvalue weighted by molar-refractivity contribution is 5.90. The molecule has 0 aromatic heterocycles. The van der Waals surface area contributed by atoms with E-state index in [9.17, 15) is 0 Å². The minimum atomic E-state index is 1.08. The van der Waals surface area contributed by atoms with Gasteiger partial charge in [-0.1, -0.05) is 176 Å². The number of allylic oxidation sites excluding steroid dienone is 8. The second-order valence-electron chi connectivity index (χ2n) is 15.9. The third-order valence-electron chi connectivity index (χ3n) is 12.0. The van der Waals surface area contributed by atoms with Crippen LogP contribution in [0.5, 0.6) is 0 Å². The number of hydrogen-bond acceptors (Lipinski definition) is 2. The molecule has 0 amide bonds. The molecule has 2 nitrogen and oxygen atoms in total. The Hall–Kier alpha value is -7.68. The maximum atomic E-state index is 2.39. The lowest BCUT2D eigenvalue weighted by Gasteiger charge is -2.29. The van der Waals surface area contributed by atoms with Crippen molar-refractivity contribution < 1.29 is 0 Å². The molecular formula is C60H48N2. The molecule has 0 atom stereocenters. The Labute approximate surface area is 366 Å². The molecule has 0 N–H and O–H groups in total. The predicted octanol–water partition coefficient (Wildman–Crippen LogP) is 17.1. The lowest BCUT2D eigenvalue weighted by molar-refractivity contribution is 1.04. The van der Waals surface area contributed by atoms with E-state index in [1.807, 2.05) is 0 Å². The van der Waals surface area contributed by atoms with Gasteiger partial charge in [-0.05, 0) is 143 Å². The first kappa shape index (κ1) is 38.5. The quantitative estimate of drug-likeness (QED) is 0.129. The van der Waals surface area contributed by atoms with E-state index >= 15 is 0 Å². The van der Waals surface area contributed by atoms with E-state index < -0.39 is 0 Å². The van der Waals surface area contributed by atoms with Crippen LogP contribution in [0.15, 0.2) is 243 Å². The van der Waals surface area contributed by atoms with E-state index in [4.69, 9.17) is 0 Å². The summed E-state index contributed by atoms with van der Waals surface area (Å²) in [5.74, 6) is 0. The molecule has 8 aromatic rings. The molecule has 0 aliphatic heterocycles. The van der Waals surface area contributed by atoms with Gasteiger partial charge in [0, 0.05) is 34.0 Å². The summed E-state index contributed by atoms with van der Waals surface area (Å²) in [6, 6.07) is 75.0. The van der Waals surface area contributed by atoms with Gasteiger partial charge in [0.1, 0.15) is 0 Å². The van der Waals surface area contributed by atoms with Crippen LogP contribution >= 0.6 is 0 Å². The Morgan fingerprint density at radius 2 is 0.597 bits per heavy atom. The van der Waals surface area contributed by atoms with Gasteiger partial charge in [0.05, 0.1) is 5.69 Å². The number of hydrogen-bond donors (Lipinski definition) is 0. The summed E-state index contributed by atoms with van der Waals surface area (Å²) in [4.78, 5) is 4.75. The largest absolute Gasteiger partial charge is 0.311 e. The zero-order valence-corrected chi connectivity index (χ0v) is 34.8. The minimum Gasteiger partial charge on any atom is -0.311 e. The number of rotatable bonds is 11. The van der Waals surface area contributed by atoms with Crippen molar-refractivity contribution in [2.45, 2.75) is 25.7 Å². The number of para-hydroxylation sites is 1. The van der Waals surface area contributed by atoms with Crippen LogP contribution in [0.2, 0.25) is 0 Å². The first-order chi connectivity index (χ1) is 30.7. The Kier molecular flexibility index (Phi) is 11.1. The first-order valence-corrected chi connectivity index (χ1v) is 21.8. The third kappa shape index (κ3) is 8.24. The molecule has 0 bridgehead atoms. The number of anilines is 6. The first-order valence-electron chi connectivity index (χ1n) is 21.8. The van der Waals surface area contributed by atoms with Crippen molar-refractivity contribution in [1.82, 2.24) is 0 Å². The van der Waals surface area contributed by atoms with E-state index in [0.29, 0.717) is 0 Å². The molecule has 10 rings (SSSR count). The van der Waals surface area contributed by atoms with Gasteiger partial charge < -0.3 is 9.80 Å². The van der Waals surface area contributed by atoms with Gasteiger partial charge in [0.15, 0.2) is 0 Å². The van der Waals surface area contributed by atoms with E-state index in [1.54, 1.807) is 0 Å². The van der Waals surface area contributed by atoms with Gasteiger partial charge in [-0.3, -0.25) is 0 Å². The lowest BCUT2D eigenvalue weighted by atomic mass is 9.98. The summed E-state index contributed by atoms with van der Waals surface area (Å²) in [6.07, 6.45) is 18.1. The minimum absolute atomic E-state index is 1.08. The molecule has 0 heterocycles. The molecule has 2 heteroatoms. The maximum absolute atomic E-state index is 2.39. The van der Waals surface area contributed by atoms with Crippen LogP contribution in [-0.2, 0) is 0 Å². The van der Waals surface area contributed by atoms with Crippen LogP contribution < -0.4 is 9.80 Å². The Balaban J connectivity index is 1.03. The van der Waals surface area contributed by atoms with Crippen LogP contribution in [0, 0.1) is 0 Å². The van der Waals surface area contributed by atoms with Crippen molar-refractivity contribution in [3.8, 4) is 33.4 Å². The Bertz CT molecular complexity index is 2880. The topological polar surface area (TPSA) is 6.48 Å². The van der Waals surface area contributed by atoms with Gasteiger partial charge in [-0.15, -0.1) is 0 Å². The molecule has 0 unspecified atom stereocenters. The number of benzene rings is 8. The van der Waals surface area contributed by atoms with Gasteiger partial charge in [-0.2, -0.15) is 0 Å². The fourth-order valence-corrected chi connectivity index (χ4v) is 8.71. The fourth-order valence-electron chi connectivity index (χ4n) is 8.71. The SMILES string of the molecule is C1=CC(c2ccc(N(c3ccc(-c4ccccc4)cc3)c3ccc(-c4ccccc4N(c4ccc(C5=CCCC=C5)cc4)c4ccc(-c5ccccc5)cc4)cc3)cc2)=CCC1. The van der Waals surface area contributed by atoms with E-state index in [0.717, 1.165) is 70.9 Å². The molecule has 8 aromatic carbocycles. The molecule has 0 fully saturated rings. The summed E-state index contributed by atoms with van der Waals surface area (Å²) in [5.41, 5.74) is 18.8. The summed E-state index contributed by atoms with van der Waals surface area (Å²) in [6.45, 7) is 0. The van der Waals surface area contributed by atoms with Gasteiger partial charge in [0.25, 0.3) is 0 Å². The van der Waals surface area contributed by atoms with E-state index in [1.165, 1.54) is 44.5 Å². The Morgan fingerprint density at radius 1 is 0.258 bits per heavy atom. The standard InChI is InChI=1S/C60H48N2/c1-5-15-45(16-6-1)49-25-35-54(36-26-49)61(55-37-27-50(28-38-55)46-17-7-2-8-18-46)56-43-33-53(34-44-56)59-23-13-14-24-60(59)62(57-39-29-51(30-40-57)47-19-9-3-10-20-47)58-41-31-52(32-42-58)48-21-11-4-12-22-48/h1,3,5-7,9-11,13-44H,2,4,8,12H2. The van der Waals surface area contributed by atoms with Gasteiger partial charge in [-0.25, -0.2) is 0 Å². The lowest BCUT2D eigenvalue weighted by Crippen LogP contribution is -2.11. The third-order valence-corrected chi connectivity index (χ3v) is 12.0. The molecule has 2 aliphatic carbocycles. The van der Waals surface area contributed by atoms with Crippen molar-refractivity contribution in [3.05, 3.63) is 254 Å². The van der Waals surface area contributed by atoms with Crippen molar-refractivity contribution in [3.63, 3.8) is 0 Å². The maximum Gasteiger partial charge on any atom is 0.0540 e. The fraction of sp³-hybridized carbons (Fsp3) is 0.0667. The van der Waals surface area contributed by atoms with Crippen molar-refractivity contribution in [2.24, 2.45) is 0 Å². The zero-order valence-electron chi connectivity index (χ0n) is 34.8. The summed E-state index contributed by atoms with van der Waals surface area (Å²) in [5, 5.41) is 0. The molecular weight excluding hydrogens is 749 g/mol. The number of nitrogens with zero attached hydrogens (tertiary/aromatic N) is 2. The van der Waals surface area contributed by atoms with Crippen LogP contribution in [0.25, 0.3) is 44.5 Å². The molecule has 0 saturated heterocycles. The van der Waals surface area contributed by atoms with Crippen molar-refractivity contribution >= 4 is 45.3 Å². The van der Waals surface area contributed by atoms with Crippen LogP contribution in [0.4, 0.5) is 34.1 Å². The Morgan fingerprint density at radius 3 is 1.00 bits per heavy atom. The molecule has 0 spiro atoms. The highest BCUT2D eigenvalue weighted by atomic mass is 15.1. The predicted molar refractivity (Wildman–Crippen MR) is 265 cm³/mol. The molecule has 2 aliphatic rings. The van der Waals surface area contributed by atoms with E-state index in [2.05, 4.69) is 253 Å². The monoisotopic (exact) mass is 796 g/mol. The second kappa shape index (κ2) is 17.9. The summed E-state index contributed by atoms with van der Waals surface area (Å²) in [7, 11) is 0. The highest BCUT2D eigenvalue weighted by Crippen LogP contribution is 2.43. The summed E-state index contributed by atoms with van der Waals surface area (Å²) < 4.78 is 0. The smallest absolute Gasteiger partial charge is 0.0540 e. The van der Waals surface area contributed by atoms with Gasteiger partial charge in [0.2, 0.25) is 0 Å². The van der Waals surface area contributed by atoms with Crippen molar-refractivity contribution in [2.75, 3.05) is 9.80 Å². The molecule has 298 valence electrons.